The van der Waals surface area contributed by atoms with E-state index in [1.807, 2.05) is 34.9 Å². The van der Waals surface area contributed by atoms with Crippen LogP contribution in [0.25, 0.3) is 11.4 Å². The Kier molecular flexibility index (Phi) is 7.02. The number of benzene rings is 1. The molecule has 8 heteroatoms. The molecule has 0 saturated heterocycles. The fourth-order valence-corrected chi connectivity index (χ4v) is 3.27. The fourth-order valence-electron chi connectivity index (χ4n) is 2.45. The van der Waals surface area contributed by atoms with Crippen molar-refractivity contribution in [2.45, 2.75) is 32.5 Å². The molecule has 0 atom stereocenters. The molecule has 2 rings (SSSR count). The van der Waals surface area contributed by atoms with Crippen LogP contribution in [0.15, 0.2) is 40.7 Å². The smallest absolute Gasteiger partial charge is 0.191 e. The Morgan fingerprint density at radius 3 is 2.52 bits per heavy atom. The number of ether oxygens (including phenoxy) is 1. The molecule has 1 aromatic carbocycles. The van der Waals surface area contributed by atoms with Gasteiger partial charge < -0.3 is 15.0 Å². The van der Waals surface area contributed by atoms with Gasteiger partial charge in [-0.15, -0.1) is 10.2 Å². The van der Waals surface area contributed by atoms with Crippen LogP contribution < -0.4 is 10.5 Å². The standard InChI is InChI=1S/C19H23N5O2S/c1-12(2)10-24-18(14-5-7-15(26-4)8-6-14)22-23-19(24)27-11-17(25)16(9-20)13(3)21/h5-8,12H,10-11,21H2,1-4H3/b16-13-. The summed E-state index contributed by atoms with van der Waals surface area (Å²) in [5, 5.41) is 18.3. The molecule has 2 N–H and O–H groups in total. The summed E-state index contributed by atoms with van der Waals surface area (Å²) < 4.78 is 7.19. The van der Waals surface area contributed by atoms with Crippen molar-refractivity contribution >= 4 is 17.5 Å². The number of methoxy groups -OCH3 is 1. The highest BCUT2D eigenvalue weighted by molar-refractivity contribution is 7.99. The first-order valence-corrected chi connectivity index (χ1v) is 9.46. The predicted molar refractivity (Wildman–Crippen MR) is 105 cm³/mol. The van der Waals surface area contributed by atoms with Crippen LogP contribution in [0.2, 0.25) is 0 Å². The molecule has 0 unspecified atom stereocenters. The third kappa shape index (κ3) is 5.11. The zero-order chi connectivity index (χ0) is 20.0. The van der Waals surface area contributed by atoms with Gasteiger partial charge in [0.05, 0.1) is 12.9 Å². The Morgan fingerprint density at radius 2 is 2.00 bits per heavy atom. The predicted octanol–water partition coefficient (Wildman–Crippen LogP) is 3.03. The number of nitrogens with zero attached hydrogens (tertiary/aromatic N) is 4. The average Bonchev–Trinajstić information content (AvgIpc) is 3.02. The highest BCUT2D eigenvalue weighted by atomic mass is 32.2. The number of allylic oxidation sites excluding steroid dienone is 2. The van der Waals surface area contributed by atoms with Gasteiger partial charge in [-0.25, -0.2) is 0 Å². The van der Waals surface area contributed by atoms with Gasteiger partial charge in [0, 0.05) is 17.8 Å². The van der Waals surface area contributed by atoms with Crippen molar-refractivity contribution in [3.8, 4) is 23.2 Å². The Morgan fingerprint density at radius 1 is 1.33 bits per heavy atom. The van der Waals surface area contributed by atoms with Crippen LogP contribution in [0.3, 0.4) is 0 Å². The lowest BCUT2D eigenvalue weighted by molar-refractivity contribution is -0.112. The number of Topliss-reactive ketones (excluding diaryl/α,β-unsaturated/α-hetero) is 1. The van der Waals surface area contributed by atoms with E-state index in [-0.39, 0.29) is 22.8 Å². The second-order valence-corrected chi connectivity index (χ2v) is 7.36. The molecule has 0 bridgehead atoms. The van der Waals surface area contributed by atoms with Crippen LogP contribution in [0.4, 0.5) is 0 Å². The fraction of sp³-hybridized carbons (Fsp3) is 0.368. The van der Waals surface area contributed by atoms with Crippen molar-refractivity contribution in [2.24, 2.45) is 11.7 Å². The molecule has 0 fully saturated rings. The minimum atomic E-state index is -0.312. The van der Waals surface area contributed by atoms with E-state index in [0.717, 1.165) is 17.1 Å². The SMILES string of the molecule is COc1ccc(-c2nnc(SCC(=O)/C(C#N)=C(/C)N)n2CC(C)C)cc1. The molecule has 0 aliphatic heterocycles. The molecule has 2 aromatic rings. The number of carbonyl (C=O) groups is 1. The van der Waals surface area contributed by atoms with Crippen LogP contribution in [0, 0.1) is 17.2 Å². The lowest BCUT2D eigenvalue weighted by Gasteiger charge is -2.12. The number of rotatable bonds is 8. The molecule has 0 saturated carbocycles. The summed E-state index contributed by atoms with van der Waals surface area (Å²) in [6.45, 7) is 6.46. The second-order valence-electron chi connectivity index (χ2n) is 6.42. The van der Waals surface area contributed by atoms with Crippen molar-refractivity contribution in [1.82, 2.24) is 14.8 Å². The first-order chi connectivity index (χ1) is 12.9. The van der Waals surface area contributed by atoms with Gasteiger partial charge in [0.2, 0.25) is 0 Å². The van der Waals surface area contributed by atoms with E-state index in [1.54, 1.807) is 14.0 Å². The van der Waals surface area contributed by atoms with E-state index < -0.39 is 0 Å². The van der Waals surface area contributed by atoms with Crippen LogP contribution >= 0.6 is 11.8 Å². The van der Waals surface area contributed by atoms with E-state index in [1.165, 1.54) is 11.8 Å². The zero-order valence-electron chi connectivity index (χ0n) is 15.9. The number of aromatic nitrogens is 3. The Hall–Kier alpha value is -2.79. The number of carbonyl (C=O) groups excluding carboxylic acids is 1. The first kappa shape index (κ1) is 20.5. The van der Waals surface area contributed by atoms with Gasteiger partial charge in [-0.2, -0.15) is 5.26 Å². The molecule has 0 spiro atoms. The maximum absolute atomic E-state index is 12.2. The van der Waals surface area contributed by atoms with Crippen LogP contribution in [0.1, 0.15) is 20.8 Å². The average molecular weight is 385 g/mol. The van der Waals surface area contributed by atoms with E-state index in [4.69, 9.17) is 15.7 Å². The summed E-state index contributed by atoms with van der Waals surface area (Å²) in [7, 11) is 1.62. The van der Waals surface area contributed by atoms with Crippen LogP contribution in [-0.4, -0.2) is 33.4 Å². The van der Waals surface area contributed by atoms with Gasteiger partial charge in [-0.1, -0.05) is 25.6 Å². The van der Waals surface area contributed by atoms with Gasteiger partial charge in [0.25, 0.3) is 0 Å². The minimum Gasteiger partial charge on any atom is -0.497 e. The number of thioether (sulfide) groups is 1. The molecule has 27 heavy (non-hydrogen) atoms. The second kappa shape index (κ2) is 9.24. The topological polar surface area (TPSA) is 107 Å². The van der Waals surface area contributed by atoms with Crippen molar-refractivity contribution in [1.29, 1.82) is 5.26 Å². The van der Waals surface area contributed by atoms with Gasteiger partial charge in [0.1, 0.15) is 17.4 Å². The molecule has 142 valence electrons. The highest BCUT2D eigenvalue weighted by Gasteiger charge is 2.18. The summed E-state index contributed by atoms with van der Waals surface area (Å²) in [6, 6.07) is 9.45. The van der Waals surface area contributed by atoms with E-state index in [2.05, 4.69) is 24.0 Å². The summed E-state index contributed by atoms with van der Waals surface area (Å²) in [6.07, 6.45) is 0. The van der Waals surface area contributed by atoms with Gasteiger partial charge in [0.15, 0.2) is 16.8 Å². The largest absolute Gasteiger partial charge is 0.497 e. The van der Waals surface area contributed by atoms with Gasteiger partial charge >= 0.3 is 0 Å². The zero-order valence-corrected chi connectivity index (χ0v) is 16.7. The number of nitrogens with two attached hydrogens (primary N) is 1. The number of hydrogen-bond donors (Lipinski definition) is 1. The lowest BCUT2D eigenvalue weighted by Crippen LogP contribution is -2.12. The summed E-state index contributed by atoms with van der Waals surface area (Å²) in [5.41, 5.74) is 6.74. The summed E-state index contributed by atoms with van der Waals surface area (Å²) in [5.74, 6) is 1.63. The third-order valence-electron chi connectivity index (χ3n) is 3.73. The molecular weight excluding hydrogens is 362 g/mol. The highest BCUT2D eigenvalue weighted by Crippen LogP contribution is 2.27. The Labute approximate surface area is 163 Å². The third-order valence-corrected chi connectivity index (χ3v) is 4.70. The molecule has 0 radical (unpaired) electrons. The lowest BCUT2D eigenvalue weighted by atomic mass is 10.2. The molecule has 0 aliphatic carbocycles. The maximum Gasteiger partial charge on any atom is 0.191 e. The van der Waals surface area contributed by atoms with E-state index in [0.29, 0.717) is 17.6 Å². The number of nitriles is 1. The van der Waals surface area contributed by atoms with Gasteiger partial charge in [-0.05, 0) is 37.1 Å². The normalized spacial score (nSPS) is 11.9. The maximum atomic E-state index is 12.2. The van der Waals surface area contributed by atoms with Crippen LogP contribution in [0.5, 0.6) is 5.75 Å². The molecule has 1 aromatic heterocycles. The molecular formula is C19H23N5O2S. The van der Waals surface area contributed by atoms with Crippen LogP contribution in [-0.2, 0) is 11.3 Å². The number of hydrogen-bond acceptors (Lipinski definition) is 7. The Bertz CT molecular complexity index is 874. The van der Waals surface area contributed by atoms with E-state index >= 15 is 0 Å². The molecule has 7 nitrogen and oxygen atoms in total. The van der Waals surface area contributed by atoms with Gasteiger partial charge in [-0.3, -0.25) is 4.79 Å². The summed E-state index contributed by atoms with van der Waals surface area (Å²) >= 11 is 1.26. The number of ketones is 1. The minimum absolute atomic E-state index is 0.00666. The van der Waals surface area contributed by atoms with Crippen molar-refractivity contribution in [3.63, 3.8) is 0 Å². The molecule has 1 heterocycles. The molecule has 0 aliphatic rings. The Balaban J connectivity index is 2.29. The summed E-state index contributed by atoms with van der Waals surface area (Å²) in [4.78, 5) is 12.2. The quantitative estimate of drug-likeness (QED) is 0.423. The van der Waals surface area contributed by atoms with Crippen molar-refractivity contribution in [3.05, 3.63) is 35.5 Å². The molecule has 0 amide bonds. The monoisotopic (exact) mass is 385 g/mol. The first-order valence-electron chi connectivity index (χ1n) is 8.47. The van der Waals surface area contributed by atoms with Crippen molar-refractivity contribution in [2.75, 3.05) is 12.9 Å². The van der Waals surface area contributed by atoms with E-state index in [9.17, 15) is 4.79 Å². The van der Waals surface area contributed by atoms with Crippen molar-refractivity contribution < 1.29 is 9.53 Å².